The summed E-state index contributed by atoms with van der Waals surface area (Å²) in [6.45, 7) is 0. The van der Waals surface area contributed by atoms with Crippen molar-refractivity contribution in [2.75, 3.05) is 0 Å². The van der Waals surface area contributed by atoms with Crippen molar-refractivity contribution in [2.24, 2.45) is 5.73 Å². The summed E-state index contributed by atoms with van der Waals surface area (Å²) in [5.41, 5.74) is 8.39. The molecule has 3 heteroatoms. The first kappa shape index (κ1) is 13.2. The second kappa shape index (κ2) is 6.12. The maximum atomic E-state index is 12.8. The molecule has 2 aromatic rings. The van der Waals surface area contributed by atoms with Crippen molar-refractivity contribution >= 4 is 15.9 Å². The van der Waals surface area contributed by atoms with Gasteiger partial charge in [0.1, 0.15) is 5.82 Å². The van der Waals surface area contributed by atoms with Gasteiger partial charge in [-0.25, -0.2) is 4.39 Å². The normalized spacial score (nSPS) is 12.4. The smallest absolute Gasteiger partial charge is 0.123 e. The van der Waals surface area contributed by atoms with Crippen LogP contribution in [0, 0.1) is 5.82 Å². The van der Waals surface area contributed by atoms with E-state index in [9.17, 15) is 4.39 Å². The lowest BCUT2D eigenvalue weighted by atomic mass is 10.00. The molecule has 0 aliphatic heterocycles. The Labute approximate surface area is 115 Å². The Kier molecular flexibility index (Phi) is 4.50. The summed E-state index contributed by atoms with van der Waals surface area (Å²) in [6.07, 6.45) is 1.57. The third-order valence-electron chi connectivity index (χ3n) is 2.80. The topological polar surface area (TPSA) is 26.0 Å². The molecule has 0 spiro atoms. The fourth-order valence-corrected chi connectivity index (χ4v) is 2.41. The monoisotopic (exact) mass is 307 g/mol. The Morgan fingerprint density at radius 1 is 1.00 bits per heavy atom. The lowest BCUT2D eigenvalue weighted by Crippen LogP contribution is -2.25. The van der Waals surface area contributed by atoms with Crippen LogP contribution in [0.15, 0.2) is 53.0 Å². The molecule has 0 aliphatic carbocycles. The number of hydrogen-bond donors (Lipinski definition) is 1. The van der Waals surface area contributed by atoms with Crippen LogP contribution in [0.3, 0.4) is 0 Å². The summed E-state index contributed by atoms with van der Waals surface area (Å²) in [7, 11) is 0. The van der Waals surface area contributed by atoms with Crippen molar-refractivity contribution in [3.05, 3.63) is 69.9 Å². The molecular weight excluding hydrogens is 293 g/mol. The maximum Gasteiger partial charge on any atom is 0.123 e. The summed E-state index contributed by atoms with van der Waals surface area (Å²) in [4.78, 5) is 0. The predicted molar refractivity (Wildman–Crippen MR) is 75.9 cm³/mol. The first-order chi connectivity index (χ1) is 8.63. The van der Waals surface area contributed by atoms with E-state index in [-0.39, 0.29) is 11.9 Å². The van der Waals surface area contributed by atoms with Crippen molar-refractivity contribution in [1.29, 1.82) is 0 Å². The lowest BCUT2D eigenvalue weighted by Gasteiger charge is -2.12. The van der Waals surface area contributed by atoms with Crippen molar-refractivity contribution in [3.8, 4) is 0 Å². The van der Waals surface area contributed by atoms with Crippen LogP contribution in [0.1, 0.15) is 11.1 Å². The molecule has 1 atom stereocenters. The molecule has 0 aromatic heterocycles. The van der Waals surface area contributed by atoms with Crippen LogP contribution in [0.5, 0.6) is 0 Å². The molecule has 0 fully saturated rings. The molecule has 0 heterocycles. The molecule has 94 valence electrons. The van der Waals surface area contributed by atoms with E-state index in [1.165, 1.54) is 17.7 Å². The highest BCUT2D eigenvalue weighted by Gasteiger charge is 2.06. The summed E-state index contributed by atoms with van der Waals surface area (Å²) >= 11 is 3.44. The molecule has 2 rings (SSSR count). The quantitative estimate of drug-likeness (QED) is 0.915. The molecule has 0 aliphatic rings. The van der Waals surface area contributed by atoms with Gasteiger partial charge in [0, 0.05) is 10.5 Å². The van der Waals surface area contributed by atoms with E-state index in [1.807, 2.05) is 12.1 Å². The molecule has 0 bridgehead atoms. The number of hydrogen-bond acceptors (Lipinski definition) is 1. The van der Waals surface area contributed by atoms with Crippen molar-refractivity contribution in [2.45, 2.75) is 18.9 Å². The summed E-state index contributed by atoms with van der Waals surface area (Å²) in [5, 5.41) is 0. The van der Waals surface area contributed by atoms with Gasteiger partial charge in [-0.2, -0.15) is 0 Å². The standard InChI is InChI=1S/C15H15BrFN/c16-13-3-1-2-12(8-13)10-15(18)9-11-4-6-14(17)7-5-11/h1-8,15H,9-10,18H2. The summed E-state index contributed by atoms with van der Waals surface area (Å²) in [6, 6.07) is 14.7. The van der Waals surface area contributed by atoms with E-state index in [4.69, 9.17) is 5.73 Å². The molecule has 0 saturated carbocycles. The minimum atomic E-state index is -0.209. The number of rotatable bonds is 4. The second-order valence-electron chi connectivity index (χ2n) is 4.42. The lowest BCUT2D eigenvalue weighted by molar-refractivity contribution is 0.623. The van der Waals surface area contributed by atoms with Gasteiger partial charge >= 0.3 is 0 Å². The summed E-state index contributed by atoms with van der Waals surface area (Å²) < 4.78 is 13.8. The van der Waals surface area contributed by atoms with Gasteiger partial charge in [-0.3, -0.25) is 0 Å². The van der Waals surface area contributed by atoms with E-state index in [0.717, 1.165) is 22.9 Å². The molecule has 18 heavy (non-hydrogen) atoms. The van der Waals surface area contributed by atoms with Crippen LogP contribution in [0.25, 0.3) is 0 Å². The SMILES string of the molecule is NC(Cc1ccc(F)cc1)Cc1cccc(Br)c1. The van der Waals surface area contributed by atoms with Crippen LogP contribution >= 0.6 is 15.9 Å². The Bertz CT molecular complexity index is 510. The Hall–Kier alpha value is -1.19. The van der Waals surface area contributed by atoms with Crippen LogP contribution in [-0.4, -0.2) is 6.04 Å². The third kappa shape index (κ3) is 3.93. The van der Waals surface area contributed by atoms with Crippen molar-refractivity contribution in [3.63, 3.8) is 0 Å². The zero-order chi connectivity index (χ0) is 13.0. The zero-order valence-electron chi connectivity index (χ0n) is 9.94. The molecule has 2 N–H and O–H groups in total. The average Bonchev–Trinajstić information content (AvgIpc) is 2.32. The van der Waals surface area contributed by atoms with Gasteiger partial charge in [-0.15, -0.1) is 0 Å². The molecule has 0 amide bonds. The number of nitrogens with two attached hydrogens (primary N) is 1. The molecule has 2 aromatic carbocycles. The summed E-state index contributed by atoms with van der Waals surface area (Å²) in [5.74, 6) is -0.209. The largest absolute Gasteiger partial charge is 0.327 e. The van der Waals surface area contributed by atoms with Crippen molar-refractivity contribution in [1.82, 2.24) is 0 Å². The minimum Gasteiger partial charge on any atom is -0.327 e. The van der Waals surface area contributed by atoms with E-state index in [0.29, 0.717) is 0 Å². The highest BCUT2D eigenvalue weighted by molar-refractivity contribution is 9.10. The predicted octanol–water partition coefficient (Wildman–Crippen LogP) is 3.70. The molecule has 0 radical (unpaired) electrons. The highest BCUT2D eigenvalue weighted by atomic mass is 79.9. The van der Waals surface area contributed by atoms with Gasteiger partial charge < -0.3 is 5.73 Å². The molecule has 1 unspecified atom stereocenters. The van der Waals surface area contributed by atoms with Gasteiger partial charge in [0.15, 0.2) is 0 Å². The van der Waals surface area contributed by atoms with Crippen LogP contribution in [0.4, 0.5) is 4.39 Å². The van der Waals surface area contributed by atoms with Crippen LogP contribution in [0.2, 0.25) is 0 Å². The van der Waals surface area contributed by atoms with Gasteiger partial charge in [-0.05, 0) is 48.2 Å². The zero-order valence-corrected chi connectivity index (χ0v) is 11.5. The fourth-order valence-electron chi connectivity index (χ4n) is 1.96. The molecule has 1 nitrogen and oxygen atoms in total. The first-order valence-electron chi connectivity index (χ1n) is 5.88. The van der Waals surface area contributed by atoms with E-state index in [2.05, 4.69) is 28.1 Å². The van der Waals surface area contributed by atoms with Gasteiger partial charge in [-0.1, -0.05) is 40.2 Å². The molecular formula is C15H15BrFN. The molecule has 0 saturated heterocycles. The first-order valence-corrected chi connectivity index (χ1v) is 6.67. The van der Waals surface area contributed by atoms with E-state index < -0.39 is 0 Å². The van der Waals surface area contributed by atoms with Crippen molar-refractivity contribution < 1.29 is 4.39 Å². The van der Waals surface area contributed by atoms with E-state index in [1.54, 1.807) is 12.1 Å². The Morgan fingerprint density at radius 2 is 1.67 bits per heavy atom. The number of halogens is 2. The second-order valence-corrected chi connectivity index (χ2v) is 5.34. The van der Waals surface area contributed by atoms with E-state index >= 15 is 0 Å². The third-order valence-corrected chi connectivity index (χ3v) is 3.29. The van der Waals surface area contributed by atoms with Crippen LogP contribution in [-0.2, 0) is 12.8 Å². The van der Waals surface area contributed by atoms with Crippen LogP contribution < -0.4 is 5.73 Å². The minimum absolute atomic E-state index is 0.0461. The Balaban J connectivity index is 1.96. The number of benzene rings is 2. The van der Waals surface area contributed by atoms with Gasteiger partial charge in [0.2, 0.25) is 0 Å². The van der Waals surface area contributed by atoms with Gasteiger partial charge in [0.05, 0.1) is 0 Å². The average molecular weight is 308 g/mol. The maximum absolute atomic E-state index is 12.8. The highest BCUT2D eigenvalue weighted by Crippen LogP contribution is 2.14. The Morgan fingerprint density at radius 3 is 2.33 bits per heavy atom. The van der Waals surface area contributed by atoms with Gasteiger partial charge in [0.25, 0.3) is 0 Å². The fraction of sp³-hybridized carbons (Fsp3) is 0.200.